The summed E-state index contributed by atoms with van der Waals surface area (Å²) in [6.45, 7) is 3.78. The summed E-state index contributed by atoms with van der Waals surface area (Å²) in [5.41, 5.74) is 4.57. The molecule has 1 aromatic carbocycles. The summed E-state index contributed by atoms with van der Waals surface area (Å²) in [5.74, 6) is 0.566. The van der Waals surface area contributed by atoms with Crippen LogP contribution < -0.4 is 10.7 Å². The van der Waals surface area contributed by atoms with Gasteiger partial charge in [-0.15, -0.1) is 0 Å². The zero-order valence-corrected chi connectivity index (χ0v) is 14.9. The van der Waals surface area contributed by atoms with Gasteiger partial charge in [-0.05, 0) is 49.7 Å². The van der Waals surface area contributed by atoms with Crippen LogP contribution in [0.2, 0.25) is 0 Å². The van der Waals surface area contributed by atoms with Crippen LogP contribution in [0.25, 0.3) is 0 Å². The van der Waals surface area contributed by atoms with Gasteiger partial charge in [-0.2, -0.15) is 5.10 Å². The minimum atomic E-state index is -0.447. The van der Waals surface area contributed by atoms with Crippen molar-refractivity contribution in [1.29, 1.82) is 0 Å². The molecule has 7 nitrogen and oxygen atoms in total. The van der Waals surface area contributed by atoms with Gasteiger partial charge >= 0.3 is 0 Å². The van der Waals surface area contributed by atoms with E-state index >= 15 is 0 Å². The lowest BCUT2D eigenvalue weighted by molar-refractivity contribution is 0.0956. The molecule has 27 heavy (non-hydrogen) atoms. The van der Waals surface area contributed by atoms with Gasteiger partial charge in [-0.25, -0.2) is 5.43 Å². The standard InChI is InChI=1S/C20H18N4O3/c1-13-11-16(27-14(13)2)12-22-24-20(26)17-5-3-4-6-18(17)23-19(25)15-7-9-21-10-8-15/h3-12H,1-2H3,(H,23,25)(H,24,26). The number of nitrogens with one attached hydrogen (secondary N) is 2. The Bertz CT molecular complexity index is 974. The Morgan fingerprint density at radius 3 is 2.52 bits per heavy atom. The normalized spacial score (nSPS) is 10.7. The van der Waals surface area contributed by atoms with E-state index in [1.54, 1.807) is 36.4 Å². The molecule has 0 aliphatic rings. The number of furan rings is 1. The van der Waals surface area contributed by atoms with Crippen molar-refractivity contribution >= 4 is 23.7 Å². The summed E-state index contributed by atoms with van der Waals surface area (Å²) in [6, 6.07) is 11.7. The predicted molar refractivity (Wildman–Crippen MR) is 102 cm³/mol. The molecule has 2 aromatic heterocycles. The summed E-state index contributed by atoms with van der Waals surface area (Å²) in [4.78, 5) is 28.6. The molecule has 2 N–H and O–H groups in total. The van der Waals surface area contributed by atoms with Crippen molar-refractivity contribution in [1.82, 2.24) is 10.4 Å². The van der Waals surface area contributed by atoms with Gasteiger partial charge in [0.2, 0.25) is 0 Å². The minimum Gasteiger partial charge on any atom is -0.460 e. The van der Waals surface area contributed by atoms with E-state index < -0.39 is 5.91 Å². The van der Waals surface area contributed by atoms with Gasteiger partial charge in [0.1, 0.15) is 11.5 Å². The van der Waals surface area contributed by atoms with E-state index in [1.807, 2.05) is 19.9 Å². The Balaban J connectivity index is 1.71. The van der Waals surface area contributed by atoms with Crippen LogP contribution in [-0.4, -0.2) is 23.0 Å². The maximum atomic E-state index is 12.4. The average molecular weight is 362 g/mol. The van der Waals surface area contributed by atoms with Crippen molar-refractivity contribution < 1.29 is 14.0 Å². The highest BCUT2D eigenvalue weighted by atomic mass is 16.3. The average Bonchev–Trinajstić information content (AvgIpc) is 3.00. The molecule has 2 amide bonds. The van der Waals surface area contributed by atoms with Gasteiger partial charge in [-0.1, -0.05) is 12.1 Å². The molecule has 0 atom stereocenters. The first-order chi connectivity index (χ1) is 13.0. The smallest absolute Gasteiger partial charge is 0.273 e. The van der Waals surface area contributed by atoms with Gasteiger partial charge in [-0.3, -0.25) is 14.6 Å². The maximum absolute atomic E-state index is 12.4. The number of aryl methyl sites for hydroxylation is 2. The van der Waals surface area contributed by atoms with E-state index in [9.17, 15) is 9.59 Å². The van der Waals surface area contributed by atoms with Crippen LogP contribution in [0.5, 0.6) is 0 Å². The third-order valence-corrected chi connectivity index (χ3v) is 3.91. The number of benzene rings is 1. The number of carbonyl (C=O) groups is 2. The molecule has 0 saturated carbocycles. The van der Waals surface area contributed by atoms with Crippen LogP contribution >= 0.6 is 0 Å². The number of anilines is 1. The Morgan fingerprint density at radius 2 is 1.81 bits per heavy atom. The zero-order chi connectivity index (χ0) is 19.2. The number of aromatic nitrogens is 1. The second kappa shape index (κ2) is 8.09. The van der Waals surface area contributed by atoms with Crippen LogP contribution in [0, 0.1) is 13.8 Å². The molecule has 0 saturated heterocycles. The third-order valence-electron chi connectivity index (χ3n) is 3.91. The fraction of sp³-hybridized carbons (Fsp3) is 0.100. The van der Waals surface area contributed by atoms with Crippen LogP contribution in [0.15, 0.2) is 64.4 Å². The number of hydrogen-bond acceptors (Lipinski definition) is 5. The number of nitrogens with zero attached hydrogens (tertiary/aromatic N) is 2. The van der Waals surface area contributed by atoms with E-state index in [0.717, 1.165) is 11.3 Å². The molecule has 136 valence electrons. The lowest BCUT2D eigenvalue weighted by Gasteiger charge is -2.09. The van der Waals surface area contributed by atoms with Gasteiger partial charge in [0.25, 0.3) is 11.8 Å². The van der Waals surface area contributed by atoms with E-state index in [2.05, 4.69) is 20.8 Å². The predicted octanol–water partition coefficient (Wildman–Crippen LogP) is 3.31. The number of carbonyl (C=O) groups excluding carboxylic acids is 2. The summed E-state index contributed by atoms with van der Waals surface area (Å²) >= 11 is 0. The number of para-hydroxylation sites is 1. The molecular formula is C20H18N4O3. The van der Waals surface area contributed by atoms with Crippen molar-refractivity contribution in [2.24, 2.45) is 5.10 Å². The Kier molecular flexibility index (Phi) is 5.41. The van der Waals surface area contributed by atoms with E-state index in [0.29, 0.717) is 22.6 Å². The first kappa shape index (κ1) is 18.1. The molecule has 0 aliphatic heterocycles. The van der Waals surface area contributed by atoms with Crippen molar-refractivity contribution in [2.45, 2.75) is 13.8 Å². The SMILES string of the molecule is Cc1cc(C=NNC(=O)c2ccccc2NC(=O)c2ccncc2)oc1C. The molecule has 3 rings (SSSR count). The first-order valence-corrected chi connectivity index (χ1v) is 8.25. The van der Waals surface area contributed by atoms with E-state index in [1.165, 1.54) is 18.6 Å². The molecule has 7 heteroatoms. The molecular weight excluding hydrogens is 344 g/mol. The van der Waals surface area contributed by atoms with Gasteiger partial charge in [0, 0.05) is 18.0 Å². The van der Waals surface area contributed by atoms with Crippen molar-refractivity contribution in [2.75, 3.05) is 5.32 Å². The number of pyridine rings is 1. The second-order valence-electron chi connectivity index (χ2n) is 5.82. The highest BCUT2D eigenvalue weighted by Gasteiger charge is 2.13. The molecule has 3 aromatic rings. The van der Waals surface area contributed by atoms with Gasteiger partial charge in [0.05, 0.1) is 17.5 Å². The Hall–Kier alpha value is -3.74. The van der Waals surface area contributed by atoms with Gasteiger partial charge < -0.3 is 9.73 Å². The molecule has 0 radical (unpaired) electrons. The summed E-state index contributed by atoms with van der Waals surface area (Å²) in [5, 5.41) is 6.64. The summed E-state index contributed by atoms with van der Waals surface area (Å²) in [6.07, 6.45) is 4.48. The highest BCUT2D eigenvalue weighted by molar-refractivity contribution is 6.09. The van der Waals surface area contributed by atoms with Gasteiger partial charge in [0.15, 0.2) is 0 Å². The van der Waals surface area contributed by atoms with Crippen LogP contribution in [0.4, 0.5) is 5.69 Å². The number of amides is 2. The van der Waals surface area contributed by atoms with Crippen molar-refractivity contribution in [3.8, 4) is 0 Å². The molecule has 2 heterocycles. The highest BCUT2D eigenvalue weighted by Crippen LogP contribution is 2.16. The quantitative estimate of drug-likeness (QED) is 0.537. The van der Waals surface area contributed by atoms with Crippen molar-refractivity contribution in [3.63, 3.8) is 0 Å². The monoisotopic (exact) mass is 362 g/mol. The summed E-state index contributed by atoms with van der Waals surface area (Å²) < 4.78 is 5.46. The van der Waals surface area contributed by atoms with Crippen molar-refractivity contribution in [3.05, 3.63) is 83.1 Å². The minimum absolute atomic E-state index is 0.295. The molecule has 0 aliphatic carbocycles. The molecule has 0 fully saturated rings. The fourth-order valence-corrected chi connectivity index (χ4v) is 2.37. The topological polar surface area (TPSA) is 96.6 Å². The zero-order valence-electron chi connectivity index (χ0n) is 14.9. The Morgan fingerprint density at radius 1 is 1.07 bits per heavy atom. The number of hydrogen-bond donors (Lipinski definition) is 2. The third kappa shape index (κ3) is 4.46. The molecule has 0 spiro atoms. The van der Waals surface area contributed by atoms with Crippen LogP contribution in [0.3, 0.4) is 0 Å². The molecule has 0 unspecified atom stereocenters. The first-order valence-electron chi connectivity index (χ1n) is 8.25. The molecule has 0 bridgehead atoms. The largest absolute Gasteiger partial charge is 0.460 e. The Labute approximate surface area is 156 Å². The van der Waals surface area contributed by atoms with E-state index in [4.69, 9.17) is 4.42 Å². The fourth-order valence-electron chi connectivity index (χ4n) is 2.37. The van der Waals surface area contributed by atoms with Crippen LogP contribution in [0.1, 0.15) is 37.8 Å². The van der Waals surface area contributed by atoms with Crippen LogP contribution in [-0.2, 0) is 0 Å². The number of hydrazone groups is 1. The van der Waals surface area contributed by atoms with E-state index in [-0.39, 0.29) is 5.91 Å². The lowest BCUT2D eigenvalue weighted by Crippen LogP contribution is -2.21. The second-order valence-corrected chi connectivity index (χ2v) is 5.82. The summed E-state index contributed by atoms with van der Waals surface area (Å²) in [7, 11) is 0. The number of rotatable bonds is 5. The lowest BCUT2D eigenvalue weighted by atomic mass is 10.1. The maximum Gasteiger partial charge on any atom is 0.273 e.